The van der Waals surface area contributed by atoms with Crippen LogP contribution in [-0.4, -0.2) is 88.1 Å². The number of β-amino-alcohol motifs (C(OH)–C–C–N with tert-alkyl or cyclic N) is 1. The van der Waals surface area contributed by atoms with Gasteiger partial charge in [0.05, 0.1) is 5.60 Å². The Labute approximate surface area is 130 Å². The zero-order chi connectivity index (χ0) is 15.5. The predicted octanol–water partition coefficient (Wildman–Crippen LogP) is 0.460. The lowest BCUT2D eigenvalue weighted by atomic mass is 10.1. The second-order valence-corrected chi connectivity index (χ2v) is 7.37. The SMILES string of the molecule is CC(C)(O)CN1CCN(C(=O)CCN2CCSC2=O)CC1. The van der Waals surface area contributed by atoms with E-state index >= 15 is 0 Å². The summed E-state index contributed by atoms with van der Waals surface area (Å²) in [6.45, 7) is 8.54. The number of aliphatic hydroxyl groups is 1. The van der Waals surface area contributed by atoms with Gasteiger partial charge in [0.25, 0.3) is 5.24 Å². The highest BCUT2D eigenvalue weighted by Gasteiger charge is 2.26. The molecule has 0 aromatic carbocycles. The smallest absolute Gasteiger partial charge is 0.281 e. The molecule has 0 saturated carbocycles. The van der Waals surface area contributed by atoms with Gasteiger partial charge in [-0.3, -0.25) is 14.5 Å². The Morgan fingerprint density at radius 3 is 2.43 bits per heavy atom. The molecule has 6 nitrogen and oxygen atoms in total. The Morgan fingerprint density at radius 1 is 1.24 bits per heavy atom. The minimum absolute atomic E-state index is 0.0952. The molecule has 2 aliphatic rings. The summed E-state index contributed by atoms with van der Waals surface area (Å²) in [5.41, 5.74) is -0.694. The highest BCUT2D eigenvalue weighted by molar-refractivity contribution is 8.13. The van der Waals surface area contributed by atoms with Crippen molar-refractivity contribution in [2.24, 2.45) is 0 Å². The largest absolute Gasteiger partial charge is 0.389 e. The van der Waals surface area contributed by atoms with Crippen LogP contribution in [0, 0.1) is 0 Å². The van der Waals surface area contributed by atoms with Crippen molar-refractivity contribution in [2.75, 3.05) is 51.6 Å². The minimum atomic E-state index is -0.694. The number of carbonyl (C=O) groups is 2. The molecule has 0 atom stereocenters. The summed E-state index contributed by atoms with van der Waals surface area (Å²) in [6, 6.07) is 0. The third kappa shape index (κ3) is 5.16. The van der Waals surface area contributed by atoms with E-state index in [0.29, 0.717) is 32.6 Å². The summed E-state index contributed by atoms with van der Waals surface area (Å²) in [6.07, 6.45) is 0.414. The van der Waals surface area contributed by atoms with Crippen molar-refractivity contribution in [3.05, 3.63) is 0 Å². The molecule has 2 amide bonds. The molecule has 0 spiro atoms. The van der Waals surface area contributed by atoms with Gasteiger partial charge in [0.2, 0.25) is 5.91 Å². The van der Waals surface area contributed by atoms with Crippen LogP contribution in [0.3, 0.4) is 0 Å². The lowest BCUT2D eigenvalue weighted by molar-refractivity contribution is -0.133. The van der Waals surface area contributed by atoms with E-state index in [-0.39, 0.29) is 11.1 Å². The van der Waals surface area contributed by atoms with E-state index in [2.05, 4.69) is 4.90 Å². The first-order valence-electron chi connectivity index (χ1n) is 7.49. The minimum Gasteiger partial charge on any atom is -0.389 e. The Hall–Kier alpha value is -0.790. The number of thioether (sulfide) groups is 1. The van der Waals surface area contributed by atoms with Crippen LogP contribution in [-0.2, 0) is 4.79 Å². The summed E-state index contributed by atoms with van der Waals surface area (Å²) in [4.78, 5) is 29.5. The van der Waals surface area contributed by atoms with E-state index in [0.717, 1.165) is 25.4 Å². The van der Waals surface area contributed by atoms with Gasteiger partial charge in [-0.1, -0.05) is 11.8 Å². The summed E-state index contributed by atoms with van der Waals surface area (Å²) < 4.78 is 0. The molecule has 0 aromatic rings. The fourth-order valence-electron chi connectivity index (χ4n) is 2.72. The van der Waals surface area contributed by atoms with Crippen LogP contribution in [0.4, 0.5) is 4.79 Å². The van der Waals surface area contributed by atoms with Gasteiger partial charge >= 0.3 is 0 Å². The van der Waals surface area contributed by atoms with Gasteiger partial charge in [-0.05, 0) is 13.8 Å². The Bertz CT molecular complexity index is 389. The molecule has 0 aromatic heterocycles. The van der Waals surface area contributed by atoms with E-state index in [1.165, 1.54) is 11.8 Å². The Morgan fingerprint density at radius 2 is 1.90 bits per heavy atom. The van der Waals surface area contributed by atoms with E-state index in [4.69, 9.17) is 0 Å². The summed E-state index contributed by atoms with van der Waals surface area (Å²) in [5.74, 6) is 0.963. The number of nitrogens with zero attached hydrogens (tertiary/aromatic N) is 3. The molecule has 0 aliphatic carbocycles. The van der Waals surface area contributed by atoms with Crippen LogP contribution in [0.1, 0.15) is 20.3 Å². The molecule has 21 heavy (non-hydrogen) atoms. The average molecular weight is 315 g/mol. The van der Waals surface area contributed by atoms with E-state index in [9.17, 15) is 14.7 Å². The maximum Gasteiger partial charge on any atom is 0.281 e. The van der Waals surface area contributed by atoms with Gasteiger partial charge in [-0.2, -0.15) is 0 Å². The Kier molecular flexibility index (Phi) is 5.51. The molecular formula is C14H25N3O3S. The van der Waals surface area contributed by atoms with Crippen LogP contribution < -0.4 is 0 Å². The van der Waals surface area contributed by atoms with Crippen LogP contribution >= 0.6 is 11.8 Å². The van der Waals surface area contributed by atoms with Crippen molar-refractivity contribution in [1.29, 1.82) is 0 Å². The first kappa shape index (κ1) is 16.6. The first-order chi connectivity index (χ1) is 9.85. The number of rotatable bonds is 5. The zero-order valence-corrected chi connectivity index (χ0v) is 13.7. The average Bonchev–Trinajstić information content (AvgIpc) is 2.80. The van der Waals surface area contributed by atoms with Gasteiger partial charge in [0.15, 0.2) is 0 Å². The normalized spacial score (nSPS) is 21.2. The van der Waals surface area contributed by atoms with Crippen molar-refractivity contribution in [1.82, 2.24) is 14.7 Å². The van der Waals surface area contributed by atoms with E-state index in [1.54, 1.807) is 18.7 Å². The molecule has 2 aliphatic heterocycles. The molecule has 2 rings (SSSR count). The number of piperazine rings is 1. The molecule has 1 N–H and O–H groups in total. The van der Waals surface area contributed by atoms with Gasteiger partial charge in [0.1, 0.15) is 0 Å². The van der Waals surface area contributed by atoms with Crippen molar-refractivity contribution in [3.63, 3.8) is 0 Å². The molecule has 7 heteroatoms. The van der Waals surface area contributed by atoms with Crippen molar-refractivity contribution in [2.45, 2.75) is 25.9 Å². The lowest BCUT2D eigenvalue weighted by Gasteiger charge is -2.37. The maximum atomic E-state index is 12.2. The molecule has 120 valence electrons. The fraction of sp³-hybridized carbons (Fsp3) is 0.857. The highest BCUT2D eigenvalue weighted by atomic mass is 32.2. The third-order valence-electron chi connectivity index (χ3n) is 3.78. The number of carbonyl (C=O) groups excluding carboxylic acids is 2. The monoisotopic (exact) mass is 315 g/mol. The van der Waals surface area contributed by atoms with Crippen LogP contribution in [0.25, 0.3) is 0 Å². The molecule has 2 fully saturated rings. The highest BCUT2D eigenvalue weighted by Crippen LogP contribution is 2.17. The second kappa shape index (κ2) is 6.98. The summed E-state index contributed by atoms with van der Waals surface area (Å²) in [7, 11) is 0. The van der Waals surface area contributed by atoms with Crippen LogP contribution in [0.15, 0.2) is 0 Å². The van der Waals surface area contributed by atoms with Gasteiger partial charge in [-0.15, -0.1) is 0 Å². The number of amides is 2. The molecular weight excluding hydrogens is 290 g/mol. The summed E-state index contributed by atoms with van der Waals surface area (Å²) >= 11 is 1.33. The van der Waals surface area contributed by atoms with Crippen LogP contribution in [0.2, 0.25) is 0 Å². The standard InChI is InChI=1S/C14H25N3O3S/c1-14(2,20)11-15-5-7-16(8-6-15)12(18)3-4-17-9-10-21-13(17)19/h20H,3-11H2,1-2H3. The molecule has 2 saturated heterocycles. The van der Waals surface area contributed by atoms with Crippen molar-refractivity contribution in [3.8, 4) is 0 Å². The van der Waals surface area contributed by atoms with Crippen molar-refractivity contribution < 1.29 is 14.7 Å². The van der Waals surface area contributed by atoms with Gasteiger partial charge in [-0.25, -0.2) is 0 Å². The molecule has 0 unspecified atom stereocenters. The van der Waals surface area contributed by atoms with Gasteiger partial charge < -0.3 is 14.9 Å². The molecule has 0 radical (unpaired) electrons. The zero-order valence-electron chi connectivity index (χ0n) is 12.9. The second-order valence-electron chi connectivity index (χ2n) is 6.32. The van der Waals surface area contributed by atoms with E-state index in [1.807, 2.05) is 4.90 Å². The molecule has 2 heterocycles. The topological polar surface area (TPSA) is 64.1 Å². The van der Waals surface area contributed by atoms with E-state index < -0.39 is 5.60 Å². The quantitative estimate of drug-likeness (QED) is 0.798. The van der Waals surface area contributed by atoms with Crippen LogP contribution in [0.5, 0.6) is 0 Å². The fourth-order valence-corrected chi connectivity index (χ4v) is 3.57. The number of hydrogen-bond acceptors (Lipinski definition) is 5. The predicted molar refractivity (Wildman–Crippen MR) is 83.4 cm³/mol. The third-order valence-corrected chi connectivity index (χ3v) is 4.67. The summed E-state index contributed by atoms with van der Waals surface area (Å²) in [5, 5.41) is 9.91. The Balaban J connectivity index is 1.69. The first-order valence-corrected chi connectivity index (χ1v) is 8.48. The maximum absolute atomic E-state index is 12.2. The lowest BCUT2D eigenvalue weighted by Crippen LogP contribution is -2.52. The molecule has 0 bridgehead atoms. The number of hydrogen-bond donors (Lipinski definition) is 1. The van der Waals surface area contributed by atoms with Crippen molar-refractivity contribution >= 4 is 22.9 Å². The van der Waals surface area contributed by atoms with Gasteiger partial charge in [0, 0.05) is 58.0 Å².